The highest BCUT2D eigenvalue weighted by Crippen LogP contribution is 2.17. The van der Waals surface area contributed by atoms with Crippen LogP contribution in [0.2, 0.25) is 0 Å². The predicted octanol–water partition coefficient (Wildman–Crippen LogP) is 18.5. The second-order valence-electron chi connectivity index (χ2n) is 19.2. The SMILES string of the molecule is CCCCCCCCC/C=C\CCCCCCCC(=O)O[C@H](COC(=O)CCCCCCCCCCCCC)COC(=O)CCCCCCCCCCCCCCCCCCCC. The van der Waals surface area contributed by atoms with Gasteiger partial charge in [-0.25, -0.2) is 0 Å². The lowest BCUT2D eigenvalue weighted by atomic mass is 10.0. The highest BCUT2D eigenvalue weighted by atomic mass is 16.6. The number of hydrogen-bond donors (Lipinski definition) is 0. The average Bonchev–Trinajstić information content (AvgIpc) is 3.28. The maximum atomic E-state index is 12.8. The molecule has 6 nitrogen and oxygen atoms in total. The Bertz CT molecular complexity index is 978. The summed E-state index contributed by atoms with van der Waals surface area (Å²) in [6, 6.07) is 0. The van der Waals surface area contributed by atoms with Gasteiger partial charge in [0.15, 0.2) is 6.10 Å². The Hall–Kier alpha value is -1.85. The predicted molar refractivity (Wildman–Crippen MR) is 270 cm³/mol. The maximum absolute atomic E-state index is 12.8. The first kappa shape index (κ1) is 61.1. The van der Waals surface area contributed by atoms with Gasteiger partial charge in [0.25, 0.3) is 0 Å². The first-order valence-corrected chi connectivity index (χ1v) is 28.2. The van der Waals surface area contributed by atoms with Crippen LogP contribution in [0.1, 0.15) is 316 Å². The van der Waals surface area contributed by atoms with E-state index in [1.807, 2.05) is 0 Å². The molecule has 0 heterocycles. The molecular formula is C57H108O6. The van der Waals surface area contributed by atoms with Crippen LogP contribution in [0.5, 0.6) is 0 Å². The van der Waals surface area contributed by atoms with Gasteiger partial charge in [0.2, 0.25) is 0 Å². The van der Waals surface area contributed by atoms with Crippen LogP contribution in [-0.4, -0.2) is 37.2 Å². The van der Waals surface area contributed by atoms with E-state index in [9.17, 15) is 14.4 Å². The van der Waals surface area contributed by atoms with Crippen molar-refractivity contribution in [2.24, 2.45) is 0 Å². The van der Waals surface area contributed by atoms with Crippen molar-refractivity contribution in [3.63, 3.8) is 0 Å². The Kier molecular flexibility index (Phi) is 51.2. The summed E-state index contributed by atoms with van der Waals surface area (Å²) in [5.41, 5.74) is 0. The van der Waals surface area contributed by atoms with Gasteiger partial charge in [-0.1, -0.05) is 264 Å². The lowest BCUT2D eigenvalue weighted by molar-refractivity contribution is -0.167. The Labute approximate surface area is 392 Å². The van der Waals surface area contributed by atoms with Crippen LogP contribution in [0, 0.1) is 0 Å². The van der Waals surface area contributed by atoms with E-state index in [0.29, 0.717) is 19.3 Å². The van der Waals surface area contributed by atoms with Crippen LogP contribution in [0.15, 0.2) is 12.2 Å². The quantitative estimate of drug-likeness (QED) is 0.0262. The molecule has 63 heavy (non-hydrogen) atoms. The van der Waals surface area contributed by atoms with Crippen molar-refractivity contribution >= 4 is 17.9 Å². The fourth-order valence-electron chi connectivity index (χ4n) is 8.50. The van der Waals surface area contributed by atoms with Gasteiger partial charge in [-0.15, -0.1) is 0 Å². The first-order chi connectivity index (χ1) is 31.0. The number of rotatable bonds is 52. The Balaban J connectivity index is 4.29. The lowest BCUT2D eigenvalue weighted by Crippen LogP contribution is -2.30. The Morgan fingerprint density at radius 2 is 0.524 bits per heavy atom. The minimum Gasteiger partial charge on any atom is -0.462 e. The molecule has 0 saturated carbocycles. The molecule has 0 fully saturated rings. The van der Waals surface area contributed by atoms with E-state index in [0.717, 1.165) is 64.2 Å². The molecule has 0 radical (unpaired) electrons. The number of allylic oxidation sites excluding steroid dienone is 2. The monoisotopic (exact) mass is 889 g/mol. The van der Waals surface area contributed by atoms with Gasteiger partial charge in [-0.3, -0.25) is 14.4 Å². The van der Waals surface area contributed by atoms with E-state index in [1.54, 1.807) is 0 Å². The molecule has 372 valence electrons. The summed E-state index contributed by atoms with van der Waals surface area (Å²) in [6.45, 7) is 6.67. The third kappa shape index (κ3) is 51.0. The summed E-state index contributed by atoms with van der Waals surface area (Å²) >= 11 is 0. The molecule has 0 aliphatic rings. The van der Waals surface area contributed by atoms with E-state index >= 15 is 0 Å². The molecule has 0 aliphatic heterocycles. The summed E-state index contributed by atoms with van der Waals surface area (Å²) < 4.78 is 16.8. The van der Waals surface area contributed by atoms with Gasteiger partial charge >= 0.3 is 17.9 Å². The molecular weight excluding hydrogens is 781 g/mol. The van der Waals surface area contributed by atoms with Gasteiger partial charge < -0.3 is 14.2 Å². The molecule has 0 N–H and O–H groups in total. The first-order valence-electron chi connectivity index (χ1n) is 28.2. The minimum atomic E-state index is -0.768. The van der Waals surface area contributed by atoms with Crippen molar-refractivity contribution in [1.29, 1.82) is 0 Å². The number of carbonyl (C=O) groups excluding carboxylic acids is 3. The van der Waals surface area contributed by atoms with Crippen LogP contribution < -0.4 is 0 Å². The molecule has 1 atom stereocenters. The van der Waals surface area contributed by atoms with Crippen LogP contribution in [-0.2, 0) is 28.6 Å². The van der Waals surface area contributed by atoms with E-state index in [-0.39, 0.29) is 31.1 Å². The molecule has 0 rings (SSSR count). The summed E-state index contributed by atoms with van der Waals surface area (Å²) in [5, 5.41) is 0. The standard InChI is InChI=1S/C57H108O6/c1-4-7-10-13-16-19-22-24-26-28-29-31-32-35-38-41-44-47-50-56(59)62-53-54(52-61-55(58)49-46-43-40-37-34-21-18-15-12-9-6-3)63-57(60)51-48-45-42-39-36-33-30-27-25-23-20-17-14-11-8-5-2/h27,30,54H,4-26,28-29,31-53H2,1-3H3/b30-27-/t54-/m1/s1. The number of esters is 3. The van der Waals surface area contributed by atoms with Crippen LogP contribution in [0.4, 0.5) is 0 Å². The Morgan fingerprint density at radius 3 is 0.794 bits per heavy atom. The largest absolute Gasteiger partial charge is 0.462 e. The normalized spacial score (nSPS) is 12.0. The van der Waals surface area contributed by atoms with E-state index in [4.69, 9.17) is 14.2 Å². The molecule has 0 aliphatic carbocycles. The minimum absolute atomic E-state index is 0.0676. The average molecular weight is 889 g/mol. The topological polar surface area (TPSA) is 78.9 Å². The van der Waals surface area contributed by atoms with E-state index in [1.165, 1.54) is 212 Å². The summed E-state index contributed by atoms with van der Waals surface area (Å²) in [5.74, 6) is -0.855. The fraction of sp³-hybridized carbons (Fsp3) is 0.912. The molecule has 0 unspecified atom stereocenters. The Morgan fingerprint density at radius 1 is 0.302 bits per heavy atom. The zero-order valence-electron chi connectivity index (χ0n) is 42.6. The molecule has 6 heteroatoms. The number of unbranched alkanes of at least 4 members (excludes halogenated alkanes) is 39. The second kappa shape index (κ2) is 52.8. The molecule has 0 aromatic carbocycles. The highest BCUT2D eigenvalue weighted by Gasteiger charge is 2.19. The third-order valence-corrected chi connectivity index (χ3v) is 12.8. The van der Waals surface area contributed by atoms with Crippen LogP contribution >= 0.6 is 0 Å². The van der Waals surface area contributed by atoms with Crippen molar-refractivity contribution in [3.8, 4) is 0 Å². The molecule has 0 saturated heterocycles. The van der Waals surface area contributed by atoms with Crippen molar-refractivity contribution in [1.82, 2.24) is 0 Å². The van der Waals surface area contributed by atoms with Crippen LogP contribution in [0.25, 0.3) is 0 Å². The van der Waals surface area contributed by atoms with Crippen LogP contribution in [0.3, 0.4) is 0 Å². The zero-order chi connectivity index (χ0) is 45.8. The zero-order valence-corrected chi connectivity index (χ0v) is 42.6. The molecule has 0 spiro atoms. The molecule has 0 amide bonds. The second-order valence-corrected chi connectivity index (χ2v) is 19.2. The number of carbonyl (C=O) groups is 3. The molecule has 0 aromatic heterocycles. The van der Waals surface area contributed by atoms with Crippen molar-refractivity contribution < 1.29 is 28.6 Å². The number of ether oxygens (including phenoxy) is 3. The highest BCUT2D eigenvalue weighted by molar-refractivity contribution is 5.71. The number of hydrogen-bond acceptors (Lipinski definition) is 6. The lowest BCUT2D eigenvalue weighted by Gasteiger charge is -2.18. The smallest absolute Gasteiger partial charge is 0.306 e. The third-order valence-electron chi connectivity index (χ3n) is 12.8. The summed E-state index contributed by atoms with van der Waals surface area (Å²) in [4.78, 5) is 38.0. The van der Waals surface area contributed by atoms with Gasteiger partial charge in [0.05, 0.1) is 0 Å². The van der Waals surface area contributed by atoms with E-state index in [2.05, 4.69) is 32.9 Å². The molecule has 0 aromatic rings. The summed E-state index contributed by atoms with van der Waals surface area (Å²) in [7, 11) is 0. The maximum Gasteiger partial charge on any atom is 0.306 e. The van der Waals surface area contributed by atoms with Gasteiger partial charge in [-0.05, 0) is 44.9 Å². The van der Waals surface area contributed by atoms with Gasteiger partial charge in [-0.2, -0.15) is 0 Å². The molecule has 0 bridgehead atoms. The van der Waals surface area contributed by atoms with Gasteiger partial charge in [0.1, 0.15) is 13.2 Å². The van der Waals surface area contributed by atoms with E-state index < -0.39 is 6.10 Å². The van der Waals surface area contributed by atoms with Crippen molar-refractivity contribution in [2.45, 2.75) is 322 Å². The van der Waals surface area contributed by atoms with Crippen molar-refractivity contribution in [3.05, 3.63) is 12.2 Å². The van der Waals surface area contributed by atoms with Gasteiger partial charge in [0, 0.05) is 19.3 Å². The van der Waals surface area contributed by atoms with Crippen molar-refractivity contribution in [2.75, 3.05) is 13.2 Å². The summed E-state index contributed by atoms with van der Waals surface area (Å²) in [6.07, 6.45) is 59.1. The fourth-order valence-corrected chi connectivity index (χ4v) is 8.50.